The van der Waals surface area contributed by atoms with Crippen LogP contribution in [0.5, 0.6) is 5.88 Å². The van der Waals surface area contributed by atoms with Crippen LogP contribution in [0, 0.1) is 0 Å². The Hall–Kier alpha value is -2.30. The number of carbonyl (C=O) groups is 1. The summed E-state index contributed by atoms with van der Waals surface area (Å²) in [6, 6.07) is 11.6. The van der Waals surface area contributed by atoms with E-state index in [4.69, 9.17) is 4.74 Å². The Balaban J connectivity index is 1.65. The molecule has 1 aliphatic heterocycles. The van der Waals surface area contributed by atoms with Crippen LogP contribution in [0.1, 0.15) is 19.8 Å². The molecule has 0 N–H and O–H groups in total. The number of hydrogen-bond acceptors (Lipinski definition) is 3. The normalized spacial score (nSPS) is 16.0. The molecule has 1 fully saturated rings. The number of likely N-dealkylation sites (tertiary alicyclic amines) is 1. The minimum Gasteiger partial charge on any atom is -0.463 e. The van der Waals surface area contributed by atoms with Gasteiger partial charge in [-0.1, -0.05) is 18.2 Å². The highest BCUT2D eigenvalue weighted by Gasteiger charge is 2.24. The number of rotatable bonds is 4. The number of ether oxygens (including phenoxy) is 1. The second-order valence-corrected chi connectivity index (χ2v) is 5.23. The highest BCUT2D eigenvalue weighted by Crippen LogP contribution is 2.15. The van der Waals surface area contributed by atoms with Crippen molar-refractivity contribution in [2.75, 3.05) is 13.1 Å². The van der Waals surface area contributed by atoms with E-state index in [0.717, 1.165) is 31.6 Å². The minimum absolute atomic E-state index is 0.0433. The van der Waals surface area contributed by atoms with Crippen LogP contribution in [0.3, 0.4) is 0 Å². The van der Waals surface area contributed by atoms with E-state index in [2.05, 4.69) is 5.10 Å². The molecule has 0 bridgehead atoms. The van der Waals surface area contributed by atoms with Gasteiger partial charge in [-0.3, -0.25) is 4.79 Å². The monoisotopic (exact) mass is 285 g/mol. The Bertz CT molecular complexity index is 603. The van der Waals surface area contributed by atoms with Crippen LogP contribution in [0.15, 0.2) is 42.6 Å². The summed E-state index contributed by atoms with van der Waals surface area (Å²) in [4.78, 5) is 14.1. The fraction of sp³-hybridized carbons (Fsp3) is 0.375. The molecule has 1 aromatic heterocycles. The van der Waals surface area contributed by atoms with Gasteiger partial charge in [0.15, 0.2) is 6.10 Å². The Labute approximate surface area is 124 Å². The molecular formula is C16H19N3O2. The predicted octanol–water partition coefficient (Wildman–Crippen LogP) is 2.26. The van der Waals surface area contributed by atoms with Crippen LogP contribution < -0.4 is 4.74 Å². The summed E-state index contributed by atoms with van der Waals surface area (Å²) < 4.78 is 7.41. The molecule has 5 nitrogen and oxygen atoms in total. The number of benzene rings is 1. The molecule has 2 aromatic rings. The molecule has 21 heavy (non-hydrogen) atoms. The van der Waals surface area contributed by atoms with Crippen molar-refractivity contribution in [2.24, 2.45) is 0 Å². The maximum Gasteiger partial charge on any atom is 0.263 e. The third-order valence-corrected chi connectivity index (χ3v) is 3.65. The molecule has 3 rings (SSSR count). The van der Waals surface area contributed by atoms with Crippen molar-refractivity contribution in [2.45, 2.75) is 25.9 Å². The second kappa shape index (κ2) is 5.99. The van der Waals surface area contributed by atoms with Crippen LogP contribution in [-0.2, 0) is 4.79 Å². The van der Waals surface area contributed by atoms with E-state index in [1.807, 2.05) is 41.4 Å². The standard InChI is InChI=1S/C16H19N3O2/c1-13(16(20)18-10-5-6-11-18)21-15-9-12-19(17-15)14-7-3-2-4-8-14/h2-4,7-9,12-13H,5-6,10-11H2,1H3. The highest BCUT2D eigenvalue weighted by molar-refractivity contribution is 5.81. The van der Waals surface area contributed by atoms with Crippen molar-refractivity contribution in [3.05, 3.63) is 42.6 Å². The van der Waals surface area contributed by atoms with E-state index in [1.54, 1.807) is 17.7 Å². The molecule has 0 saturated carbocycles. The summed E-state index contributed by atoms with van der Waals surface area (Å²) in [6.07, 6.45) is 3.50. The average molecular weight is 285 g/mol. The third kappa shape index (κ3) is 3.07. The Morgan fingerprint density at radius 1 is 1.19 bits per heavy atom. The molecule has 0 spiro atoms. The summed E-state index contributed by atoms with van der Waals surface area (Å²) in [6.45, 7) is 3.46. The van der Waals surface area contributed by atoms with Gasteiger partial charge in [0.2, 0.25) is 5.88 Å². The molecule has 1 aliphatic rings. The van der Waals surface area contributed by atoms with Gasteiger partial charge in [-0.15, -0.1) is 5.10 Å². The van der Waals surface area contributed by atoms with Crippen LogP contribution in [0.4, 0.5) is 0 Å². The van der Waals surface area contributed by atoms with Gasteiger partial charge in [-0.05, 0) is 31.9 Å². The van der Waals surface area contributed by atoms with Crippen LogP contribution in [0.2, 0.25) is 0 Å². The summed E-state index contributed by atoms with van der Waals surface area (Å²) in [7, 11) is 0. The van der Waals surface area contributed by atoms with Gasteiger partial charge in [0.25, 0.3) is 5.91 Å². The first-order valence-corrected chi connectivity index (χ1v) is 7.30. The van der Waals surface area contributed by atoms with Gasteiger partial charge in [0.1, 0.15) is 0 Å². The molecule has 1 amide bonds. The van der Waals surface area contributed by atoms with Crippen molar-refractivity contribution in [1.82, 2.24) is 14.7 Å². The highest BCUT2D eigenvalue weighted by atomic mass is 16.5. The number of nitrogens with zero attached hydrogens (tertiary/aromatic N) is 3. The van der Waals surface area contributed by atoms with Crippen molar-refractivity contribution >= 4 is 5.91 Å². The first-order chi connectivity index (χ1) is 10.2. The molecule has 2 heterocycles. The number of para-hydroxylation sites is 1. The third-order valence-electron chi connectivity index (χ3n) is 3.65. The van der Waals surface area contributed by atoms with E-state index < -0.39 is 6.10 Å². The summed E-state index contributed by atoms with van der Waals surface area (Å²) in [5.41, 5.74) is 0.964. The topological polar surface area (TPSA) is 47.4 Å². The van der Waals surface area contributed by atoms with Crippen molar-refractivity contribution in [3.8, 4) is 11.6 Å². The molecule has 0 aliphatic carbocycles. The van der Waals surface area contributed by atoms with Crippen molar-refractivity contribution < 1.29 is 9.53 Å². The second-order valence-electron chi connectivity index (χ2n) is 5.23. The molecule has 5 heteroatoms. The zero-order valence-electron chi connectivity index (χ0n) is 12.1. The Morgan fingerprint density at radius 2 is 1.90 bits per heavy atom. The van der Waals surface area contributed by atoms with E-state index in [1.165, 1.54) is 0 Å². The van der Waals surface area contributed by atoms with Crippen molar-refractivity contribution in [1.29, 1.82) is 0 Å². The number of carbonyl (C=O) groups excluding carboxylic acids is 1. The number of hydrogen-bond donors (Lipinski definition) is 0. The van der Waals surface area contributed by atoms with Crippen molar-refractivity contribution in [3.63, 3.8) is 0 Å². The lowest BCUT2D eigenvalue weighted by atomic mass is 10.3. The van der Waals surface area contributed by atoms with Gasteiger partial charge in [0.05, 0.1) is 5.69 Å². The van der Waals surface area contributed by atoms with Gasteiger partial charge >= 0.3 is 0 Å². The molecule has 1 unspecified atom stereocenters. The first kappa shape index (κ1) is 13.7. The van der Waals surface area contributed by atoms with Crippen LogP contribution >= 0.6 is 0 Å². The van der Waals surface area contributed by atoms with Crippen LogP contribution in [0.25, 0.3) is 5.69 Å². The average Bonchev–Trinajstić information content (AvgIpc) is 3.19. The zero-order chi connectivity index (χ0) is 14.7. The maximum absolute atomic E-state index is 12.2. The fourth-order valence-electron chi connectivity index (χ4n) is 2.52. The summed E-state index contributed by atoms with van der Waals surface area (Å²) in [5, 5.41) is 4.35. The van der Waals surface area contributed by atoms with Gasteiger partial charge in [-0.25, -0.2) is 4.68 Å². The molecule has 1 atom stereocenters. The van der Waals surface area contributed by atoms with Gasteiger partial charge < -0.3 is 9.64 Å². The van der Waals surface area contributed by atoms with E-state index >= 15 is 0 Å². The summed E-state index contributed by atoms with van der Waals surface area (Å²) >= 11 is 0. The van der Waals surface area contributed by atoms with E-state index in [0.29, 0.717) is 5.88 Å². The predicted molar refractivity (Wildman–Crippen MR) is 79.5 cm³/mol. The van der Waals surface area contributed by atoms with Gasteiger partial charge in [0, 0.05) is 25.4 Å². The maximum atomic E-state index is 12.2. The SMILES string of the molecule is CC(Oc1ccn(-c2ccccc2)n1)C(=O)N1CCCC1. The largest absolute Gasteiger partial charge is 0.463 e. The fourth-order valence-corrected chi connectivity index (χ4v) is 2.52. The van der Waals surface area contributed by atoms with Gasteiger partial charge in [-0.2, -0.15) is 0 Å². The molecule has 1 aromatic carbocycles. The molecule has 110 valence electrons. The lowest BCUT2D eigenvalue weighted by Crippen LogP contribution is -2.38. The number of aromatic nitrogens is 2. The lowest BCUT2D eigenvalue weighted by Gasteiger charge is -2.20. The van der Waals surface area contributed by atoms with E-state index in [-0.39, 0.29) is 5.91 Å². The Morgan fingerprint density at radius 3 is 2.62 bits per heavy atom. The van der Waals surface area contributed by atoms with E-state index in [9.17, 15) is 4.79 Å². The minimum atomic E-state index is -0.498. The van der Waals surface area contributed by atoms with Crippen LogP contribution in [-0.4, -0.2) is 39.8 Å². The summed E-state index contributed by atoms with van der Waals surface area (Å²) in [5.74, 6) is 0.515. The zero-order valence-corrected chi connectivity index (χ0v) is 12.1. The smallest absolute Gasteiger partial charge is 0.263 e. The molecule has 0 radical (unpaired) electrons. The number of amides is 1. The molecular weight excluding hydrogens is 266 g/mol. The Kier molecular flexibility index (Phi) is 3.90. The molecule has 1 saturated heterocycles. The quantitative estimate of drug-likeness (QED) is 0.865. The first-order valence-electron chi connectivity index (χ1n) is 7.30. The lowest BCUT2D eigenvalue weighted by molar-refractivity contribution is -0.136.